The van der Waals surface area contributed by atoms with Crippen LogP contribution in [0.15, 0.2) is 16.6 Å². The molecule has 4 heteroatoms. The maximum atomic E-state index is 5.67. The van der Waals surface area contributed by atoms with Crippen LogP contribution in [0.4, 0.5) is 0 Å². The van der Waals surface area contributed by atoms with Gasteiger partial charge < -0.3 is 4.98 Å². The first-order valence-electron chi connectivity index (χ1n) is 4.41. The number of imidazole rings is 1. The van der Waals surface area contributed by atoms with Crippen molar-refractivity contribution in [1.82, 2.24) is 9.97 Å². The monoisotopic (exact) mass is 272 g/mol. The van der Waals surface area contributed by atoms with Gasteiger partial charge in [0, 0.05) is 16.8 Å². The first-order valence-corrected chi connectivity index (χ1v) is 5.74. The van der Waals surface area contributed by atoms with E-state index in [0.29, 0.717) is 5.88 Å². The lowest BCUT2D eigenvalue weighted by atomic mass is 10.2. The fourth-order valence-corrected chi connectivity index (χ4v) is 2.26. The number of rotatable bonds is 2. The van der Waals surface area contributed by atoms with Crippen LogP contribution in [0.5, 0.6) is 0 Å². The van der Waals surface area contributed by atoms with Gasteiger partial charge in [0.2, 0.25) is 0 Å². The smallest absolute Gasteiger partial charge is 0.108 e. The molecule has 0 saturated carbocycles. The highest BCUT2D eigenvalue weighted by Gasteiger charge is 2.05. The molecule has 1 aromatic heterocycles. The molecule has 0 radical (unpaired) electrons. The van der Waals surface area contributed by atoms with Crippen molar-refractivity contribution in [2.24, 2.45) is 0 Å². The molecule has 0 aliphatic carbocycles. The minimum absolute atomic E-state index is 0.597. The summed E-state index contributed by atoms with van der Waals surface area (Å²) < 4.78 is 1.07. The number of halogens is 2. The van der Waals surface area contributed by atoms with Gasteiger partial charge in [0.1, 0.15) is 5.82 Å². The molecule has 0 spiro atoms. The number of hydrogen-bond acceptors (Lipinski definition) is 1. The van der Waals surface area contributed by atoms with Gasteiger partial charge in [0.05, 0.1) is 11.0 Å². The topological polar surface area (TPSA) is 28.7 Å². The van der Waals surface area contributed by atoms with E-state index in [2.05, 4.69) is 38.9 Å². The second-order valence-electron chi connectivity index (χ2n) is 3.24. The average molecular weight is 274 g/mol. The van der Waals surface area contributed by atoms with Crippen molar-refractivity contribution in [1.29, 1.82) is 0 Å². The molecule has 0 unspecified atom stereocenters. The van der Waals surface area contributed by atoms with Gasteiger partial charge in [-0.1, -0.05) is 15.9 Å². The minimum Gasteiger partial charge on any atom is -0.342 e. The lowest BCUT2D eigenvalue weighted by Crippen LogP contribution is -1.87. The summed E-state index contributed by atoms with van der Waals surface area (Å²) in [6.07, 6.45) is 0.785. The van der Waals surface area contributed by atoms with Gasteiger partial charge in [-0.2, -0.15) is 0 Å². The van der Waals surface area contributed by atoms with Gasteiger partial charge in [-0.3, -0.25) is 0 Å². The number of nitrogens with zero attached hydrogens (tertiary/aromatic N) is 1. The molecule has 1 N–H and O–H groups in total. The third-order valence-electron chi connectivity index (χ3n) is 2.12. The fourth-order valence-electron chi connectivity index (χ4n) is 1.51. The molecular formula is C10H10BrClN2. The second-order valence-corrected chi connectivity index (χ2v) is 4.53. The summed E-state index contributed by atoms with van der Waals surface area (Å²) in [4.78, 5) is 7.73. The van der Waals surface area contributed by atoms with Crippen LogP contribution in [0, 0.1) is 6.92 Å². The molecule has 14 heavy (non-hydrogen) atoms. The molecule has 0 aliphatic rings. The zero-order valence-electron chi connectivity index (χ0n) is 7.77. The third-order valence-corrected chi connectivity index (χ3v) is 2.77. The van der Waals surface area contributed by atoms with E-state index in [1.807, 2.05) is 6.07 Å². The van der Waals surface area contributed by atoms with Crippen LogP contribution in [0.1, 0.15) is 11.4 Å². The Balaban J connectivity index is 2.58. The van der Waals surface area contributed by atoms with E-state index in [9.17, 15) is 0 Å². The van der Waals surface area contributed by atoms with Gasteiger partial charge in [0.25, 0.3) is 0 Å². The quantitative estimate of drug-likeness (QED) is 0.835. The lowest BCUT2D eigenvalue weighted by molar-refractivity contribution is 1.01. The van der Waals surface area contributed by atoms with Crippen molar-refractivity contribution in [3.05, 3.63) is 28.0 Å². The Morgan fingerprint density at radius 1 is 1.50 bits per heavy atom. The maximum Gasteiger partial charge on any atom is 0.108 e. The van der Waals surface area contributed by atoms with Crippen LogP contribution in [0.3, 0.4) is 0 Å². The Bertz CT molecular complexity index is 464. The van der Waals surface area contributed by atoms with E-state index in [4.69, 9.17) is 11.6 Å². The van der Waals surface area contributed by atoms with Crippen molar-refractivity contribution in [2.75, 3.05) is 5.88 Å². The SMILES string of the molecule is Cc1cc(Br)cc2[nH]c(CCCl)nc12. The molecule has 0 bridgehead atoms. The summed E-state index contributed by atoms with van der Waals surface area (Å²) in [6.45, 7) is 2.05. The molecule has 2 nitrogen and oxygen atoms in total. The summed E-state index contributed by atoms with van der Waals surface area (Å²) >= 11 is 9.12. The van der Waals surface area contributed by atoms with Crippen LogP contribution in [0.2, 0.25) is 0 Å². The molecule has 74 valence electrons. The Labute approximate surface area is 95.8 Å². The van der Waals surface area contributed by atoms with Gasteiger partial charge >= 0.3 is 0 Å². The number of aromatic amines is 1. The van der Waals surface area contributed by atoms with E-state index >= 15 is 0 Å². The second kappa shape index (κ2) is 3.91. The predicted molar refractivity (Wildman–Crippen MR) is 63.0 cm³/mol. The molecule has 2 rings (SSSR count). The largest absolute Gasteiger partial charge is 0.342 e. The number of aromatic nitrogens is 2. The first kappa shape index (κ1) is 9.99. The van der Waals surface area contributed by atoms with E-state index in [1.165, 1.54) is 5.56 Å². The molecule has 2 aromatic rings. The normalized spacial score (nSPS) is 11.1. The zero-order chi connectivity index (χ0) is 10.1. The number of hydrogen-bond donors (Lipinski definition) is 1. The standard InChI is InChI=1S/C10H10BrClN2/c1-6-4-7(11)5-8-10(6)14-9(13-8)2-3-12/h4-5H,2-3H2,1H3,(H,13,14). The first-order chi connectivity index (χ1) is 6.70. The summed E-state index contributed by atoms with van der Waals surface area (Å²) in [5.41, 5.74) is 3.27. The van der Waals surface area contributed by atoms with Crippen LogP contribution in [-0.2, 0) is 6.42 Å². The van der Waals surface area contributed by atoms with Gasteiger partial charge in [0.15, 0.2) is 0 Å². The number of benzene rings is 1. The van der Waals surface area contributed by atoms with Crippen molar-refractivity contribution in [2.45, 2.75) is 13.3 Å². The molecule has 0 atom stereocenters. The van der Waals surface area contributed by atoms with Crippen molar-refractivity contribution >= 4 is 38.6 Å². The van der Waals surface area contributed by atoms with Crippen LogP contribution < -0.4 is 0 Å². The number of nitrogens with one attached hydrogen (secondary N) is 1. The van der Waals surface area contributed by atoms with E-state index in [1.54, 1.807) is 0 Å². The Kier molecular flexibility index (Phi) is 2.79. The highest BCUT2D eigenvalue weighted by Crippen LogP contribution is 2.22. The Morgan fingerprint density at radius 2 is 2.29 bits per heavy atom. The number of aryl methyl sites for hydroxylation is 2. The van der Waals surface area contributed by atoms with Crippen LogP contribution >= 0.6 is 27.5 Å². The predicted octanol–water partition coefficient (Wildman–Crippen LogP) is 3.42. The van der Waals surface area contributed by atoms with Crippen molar-refractivity contribution < 1.29 is 0 Å². The molecule has 0 amide bonds. The Hall–Kier alpha value is -0.540. The number of H-pyrrole nitrogens is 1. The average Bonchev–Trinajstić information content (AvgIpc) is 2.48. The summed E-state index contributed by atoms with van der Waals surface area (Å²) in [5, 5.41) is 0. The zero-order valence-corrected chi connectivity index (χ0v) is 10.1. The molecule has 1 heterocycles. The summed E-state index contributed by atoms with van der Waals surface area (Å²) in [7, 11) is 0. The fraction of sp³-hybridized carbons (Fsp3) is 0.300. The maximum absolute atomic E-state index is 5.67. The molecule has 0 fully saturated rings. The van der Waals surface area contributed by atoms with E-state index in [0.717, 1.165) is 27.8 Å². The highest BCUT2D eigenvalue weighted by atomic mass is 79.9. The van der Waals surface area contributed by atoms with Gasteiger partial charge in [-0.05, 0) is 24.6 Å². The third kappa shape index (κ3) is 1.79. The molecule has 1 aromatic carbocycles. The van der Waals surface area contributed by atoms with E-state index < -0.39 is 0 Å². The van der Waals surface area contributed by atoms with Crippen LogP contribution in [0.25, 0.3) is 11.0 Å². The number of fused-ring (bicyclic) bond motifs is 1. The number of alkyl halides is 1. The summed E-state index contributed by atoms with van der Waals surface area (Å²) in [6, 6.07) is 4.10. The summed E-state index contributed by atoms with van der Waals surface area (Å²) in [5.74, 6) is 1.55. The molecule has 0 saturated heterocycles. The van der Waals surface area contributed by atoms with Crippen LogP contribution in [-0.4, -0.2) is 15.8 Å². The Morgan fingerprint density at radius 3 is 3.00 bits per heavy atom. The lowest BCUT2D eigenvalue weighted by Gasteiger charge is -1.94. The van der Waals surface area contributed by atoms with E-state index in [-0.39, 0.29) is 0 Å². The molecule has 0 aliphatic heterocycles. The van der Waals surface area contributed by atoms with Crippen molar-refractivity contribution in [3.8, 4) is 0 Å². The van der Waals surface area contributed by atoms with Gasteiger partial charge in [-0.25, -0.2) is 4.98 Å². The van der Waals surface area contributed by atoms with Crippen molar-refractivity contribution in [3.63, 3.8) is 0 Å². The highest BCUT2D eigenvalue weighted by molar-refractivity contribution is 9.10. The minimum atomic E-state index is 0.597. The van der Waals surface area contributed by atoms with Gasteiger partial charge in [-0.15, -0.1) is 11.6 Å². The molecular weight excluding hydrogens is 263 g/mol.